The van der Waals surface area contributed by atoms with Gasteiger partial charge in [0.15, 0.2) is 18.9 Å². The van der Waals surface area contributed by atoms with Crippen molar-refractivity contribution in [2.75, 3.05) is 0 Å². The number of halogens is 1. The van der Waals surface area contributed by atoms with Gasteiger partial charge in [0.05, 0.1) is 6.54 Å². The Balaban J connectivity index is 1.49. The smallest absolute Gasteiger partial charge is 0.174 e. The maximum Gasteiger partial charge on any atom is 0.174 e. The summed E-state index contributed by atoms with van der Waals surface area (Å²) in [6.07, 6.45) is 9.17. The van der Waals surface area contributed by atoms with Crippen LogP contribution in [0.5, 0.6) is 0 Å². The van der Waals surface area contributed by atoms with Gasteiger partial charge in [-0.3, -0.25) is 0 Å². The van der Waals surface area contributed by atoms with Crippen LogP contribution in [0.3, 0.4) is 0 Å². The highest BCUT2D eigenvalue weighted by Gasteiger charge is 2.20. The third-order valence-corrected chi connectivity index (χ3v) is 5.80. The van der Waals surface area contributed by atoms with Crippen molar-refractivity contribution in [3.63, 3.8) is 0 Å². The Morgan fingerprint density at radius 3 is 2.68 bits per heavy atom. The van der Waals surface area contributed by atoms with Crippen LogP contribution >= 0.6 is 0 Å². The lowest BCUT2D eigenvalue weighted by Gasteiger charge is -2.16. The van der Waals surface area contributed by atoms with Gasteiger partial charge in [0.1, 0.15) is 5.82 Å². The van der Waals surface area contributed by atoms with Crippen LogP contribution in [0.4, 0.5) is 4.39 Å². The van der Waals surface area contributed by atoms with Crippen LogP contribution in [-0.4, -0.2) is 4.57 Å². The van der Waals surface area contributed by atoms with Crippen molar-refractivity contribution in [1.29, 1.82) is 0 Å². The molecule has 0 aliphatic heterocycles. The van der Waals surface area contributed by atoms with Crippen molar-refractivity contribution in [1.82, 2.24) is 4.57 Å². The van der Waals surface area contributed by atoms with Gasteiger partial charge >= 0.3 is 0 Å². The van der Waals surface area contributed by atoms with Crippen LogP contribution in [0.2, 0.25) is 0 Å². The average molecular weight is 371 g/mol. The minimum Gasteiger partial charge on any atom is -0.340 e. The Morgan fingerprint density at radius 1 is 0.893 bits per heavy atom. The molecule has 1 aliphatic rings. The van der Waals surface area contributed by atoms with Gasteiger partial charge in [-0.15, -0.1) is 0 Å². The second-order valence-corrected chi connectivity index (χ2v) is 7.75. The summed E-state index contributed by atoms with van der Waals surface area (Å²) in [6, 6.07) is 19.9. The molecule has 0 fully saturated rings. The normalized spacial score (nSPS) is 13.6. The van der Waals surface area contributed by atoms with Crippen LogP contribution in [0.25, 0.3) is 10.9 Å². The fourth-order valence-corrected chi connectivity index (χ4v) is 4.56. The lowest BCUT2D eigenvalue weighted by Crippen LogP contribution is -2.34. The molecule has 3 heteroatoms. The standard InChI is InChI=1S/C25H24FN2/c26-21-9-5-7-19(15-21)16-27-14-6-8-20(17-27)18-28-24-12-3-1-10-22(24)23-11-2-4-13-25(23)28/h1,3,5-10,12,14-15,17H,2,4,11,13,16,18H2/q+1. The van der Waals surface area contributed by atoms with Crippen LogP contribution in [0.15, 0.2) is 73.1 Å². The Morgan fingerprint density at radius 2 is 1.75 bits per heavy atom. The number of hydrogen-bond acceptors (Lipinski definition) is 0. The van der Waals surface area contributed by atoms with Crippen molar-refractivity contribution < 1.29 is 8.96 Å². The minimum atomic E-state index is -0.181. The maximum atomic E-state index is 13.5. The number of aromatic nitrogens is 2. The van der Waals surface area contributed by atoms with E-state index in [2.05, 4.69) is 57.9 Å². The molecular formula is C25H24FN2+. The summed E-state index contributed by atoms with van der Waals surface area (Å²) in [5.74, 6) is -0.181. The second kappa shape index (κ2) is 7.23. The molecule has 2 nitrogen and oxygen atoms in total. The van der Waals surface area contributed by atoms with E-state index in [0.29, 0.717) is 6.54 Å². The molecule has 5 rings (SSSR count). The Kier molecular flexibility index (Phi) is 4.44. The molecule has 0 N–H and O–H groups in total. The Labute approximate surface area is 164 Å². The van der Waals surface area contributed by atoms with Crippen LogP contribution in [0, 0.1) is 5.82 Å². The molecule has 0 bridgehead atoms. The zero-order chi connectivity index (χ0) is 18.9. The molecular weight excluding hydrogens is 347 g/mol. The number of nitrogens with zero attached hydrogens (tertiary/aromatic N) is 2. The highest BCUT2D eigenvalue weighted by molar-refractivity contribution is 5.86. The van der Waals surface area contributed by atoms with Gasteiger partial charge < -0.3 is 4.57 Å². The van der Waals surface area contributed by atoms with Crippen molar-refractivity contribution in [3.05, 3.63) is 101 Å². The molecule has 0 saturated carbocycles. The second-order valence-electron chi connectivity index (χ2n) is 7.75. The van der Waals surface area contributed by atoms with Gasteiger partial charge in [0.25, 0.3) is 0 Å². The molecule has 140 valence electrons. The molecule has 0 radical (unpaired) electrons. The van der Waals surface area contributed by atoms with E-state index in [1.807, 2.05) is 6.07 Å². The lowest BCUT2D eigenvalue weighted by molar-refractivity contribution is -0.688. The van der Waals surface area contributed by atoms with Gasteiger partial charge in [-0.05, 0) is 55.5 Å². The number of rotatable bonds is 4. The van der Waals surface area contributed by atoms with Crippen molar-refractivity contribution in [3.8, 4) is 0 Å². The van der Waals surface area contributed by atoms with E-state index in [-0.39, 0.29) is 5.82 Å². The third-order valence-electron chi connectivity index (χ3n) is 5.80. The number of benzene rings is 2. The summed E-state index contributed by atoms with van der Waals surface area (Å²) in [5.41, 5.74) is 6.65. The molecule has 1 aliphatic carbocycles. The highest BCUT2D eigenvalue weighted by atomic mass is 19.1. The topological polar surface area (TPSA) is 8.81 Å². The first kappa shape index (κ1) is 17.2. The summed E-state index contributed by atoms with van der Waals surface area (Å²) in [4.78, 5) is 0. The molecule has 0 amide bonds. The molecule has 0 atom stereocenters. The number of fused-ring (bicyclic) bond motifs is 3. The van der Waals surface area contributed by atoms with Gasteiger partial charge in [0, 0.05) is 33.8 Å². The molecule has 2 aromatic heterocycles. The van der Waals surface area contributed by atoms with Gasteiger partial charge in [-0.1, -0.05) is 30.3 Å². The number of aryl methyl sites for hydroxylation is 1. The maximum absolute atomic E-state index is 13.5. The van der Waals surface area contributed by atoms with E-state index in [1.165, 1.54) is 53.9 Å². The minimum absolute atomic E-state index is 0.181. The third kappa shape index (κ3) is 3.22. The van der Waals surface area contributed by atoms with Crippen LogP contribution in [-0.2, 0) is 25.9 Å². The summed E-state index contributed by atoms with van der Waals surface area (Å²) in [5, 5.41) is 1.42. The predicted octanol–water partition coefficient (Wildman–Crippen LogP) is 5.04. The van der Waals surface area contributed by atoms with Crippen LogP contribution < -0.4 is 4.57 Å². The summed E-state index contributed by atoms with van der Waals surface area (Å²) in [6.45, 7) is 1.55. The van der Waals surface area contributed by atoms with E-state index < -0.39 is 0 Å². The van der Waals surface area contributed by atoms with Gasteiger partial charge in [-0.25, -0.2) is 8.96 Å². The van der Waals surface area contributed by atoms with Crippen molar-refractivity contribution in [2.24, 2.45) is 0 Å². The van der Waals surface area contributed by atoms with E-state index in [4.69, 9.17) is 0 Å². The largest absolute Gasteiger partial charge is 0.340 e. The number of hydrogen-bond donors (Lipinski definition) is 0. The first-order valence-electron chi connectivity index (χ1n) is 10.1. The van der Waals surface area contributed by atoms with Crippen LogP contribution in [0.1, 0.15) is 35.2 Å². The first-order chi connectivity index (χ1) is 13.8. The predicted molar refractivity (Wildman–Crippen MR) is 110 cm³/mol. The summed E-state index contributed by atoms with van der Waals surface area (Å²) >= 11 is 0. The quantitative estimate of drug-likeness (QED) is 0.444. The zero-order valence-corrected chi connectivity index (χ0v) is 15.9. The molecule has 0 unspecified atom stereocenters. The van der Waals surface area contributed by atoms with E-state index >= 15 is 0 Å². The lowest BCUT2D eigenvalue weighted by atomic mass is 9.95. The van der Waals surface area contributed by atoms with E-state index in [9.17, 15) is 4.39 Å². The fourth-order valence-electron chi connectivity index (χ4n) is 4.56. The first-order valence-corrected chi connectivity index (χ1v) is 10.1. The number of para-hydroxylation sites is 1. The summed E-state index contributed by atoms with van der Waals surface area (Å²) in [7, 11) is 0. The summed E-state index contributed by atoms with van der Waals surface area (Å²) < 4.78 is 18.1. The molecule has 2 heterocycles. The van der Waals surface area contributed by atoms with E-state index in [1.54, 1.807) is 17.7 Å². The SMILES string of the molecule is Fc1cccc(C[n+]2cccc(Cn3c4c(c5ccccc53)CCCC4)c2)c1. The molecule has 28 heavy (non-hydrogen) atoms. The highest BCUT2D eigenvalue weighted by Crippen LogP contribution is 2.32. The van der Waals surface area contributed by atoms with Gasteiger partial charge in [-0.2, -0.15) is 0 Å². The Hall–Kier alpha value is -2.94. The Bertz CT molecular complexity index is 1140. The zero-order valence-electron chi connectivity index (χ0n) is 15.9. The van der Waals surface area contributed by atoms with E-state index in [0.717, 1.165) is 12.1 Å². The molecule has 0 spiro atoms. The fraction of sp³-hybridized carbons (Fsp3) is 0.240. The van der Waals surface area contributed by atoms with Crippen molar-refractivity contribution in [2.45, 2.75) is 38.8 Å². The van der Waals surface area contributed by atoms with Crippen molar-refractivity contribution >= 4 is 10.9 Å². The monoisotopic (exact) mass is 371 g/mol. The molecule has 0 saturated heterocycles. The average Bonchev–Trinajstić information content (AvgIpc) is 3.03. The molecule has 2 aromatic carbocycles. The molecule has 4 aromatic rings. The number of pyridine rings is 1. The van der Waals surface area contributed by atoms with Gasteiger partial charge in [0.2, 0.25) is 0 Å².